The Morgan fingerprint density at radius 2 is 2.07 bits per heavy atom. The molecule has 156 valence electrons. The SMILES string of the molecule is CCC1CC(C(C)COCc2ccc(C3CC3)c(OCCCOC)c2)OC1=O. The molecule has 3 unspecified atom stereocenters. The summed E-state index contributed by atoms with van der Waals surface area (Å²) in [5, 5.41) is 0. The number of hydrogen-bond acceptors (Lipinski definition) is 5. The van der Waals surface area contributed by atoms with Crippen LogP contribution in [0.25, 0.3) is 0 Å². The lowest BCUT2D eigenvalue weighted by molar-refractivity contribution is -0.146. The molecule has 1 saturated carbocycles. The first-order valence-corrected chi connectivity index (χ1v) is 10.6. The molecule has 1 aliphatic carbocycles. The Hall–Kier alpha value is -1.59. The Morgan fingerprint density at radius 1 is 1.25 bits per heavy atom. The third-order valence-electron chi connectivity index (χ3n) is 5.74. The predicted octanol–water partition coefficient (Wildman–Crippen LogP) is 4.47. The Kier molecular flexibility index (Phi) is 7.74. The largest absolute Gasteiger partial charge is 0.493 e. The number of cyclic esters (lactones) is 1. The summed E-state index contributed by atoms with van der Waals surface area (Å²) in [6.07, 6.45) is 5.03. The van der Waals surface area contributed by atoms with E-state index in [1.807, 2.05) is 6.92 Å². The topological polar surface area (TPSA) is 54.0 Å². The molecule has 0 bridgehead atoms. The fourth-order valence-electron chi connectivity index (χ4n) is 3.73. The number of methoxy groups -OCH3 is 1. The van der Waals surface area contributed by atoms with E-state index in [1.54, 1.807) is 7.11 Å². The van der Waals surface area contributed by atoms with Crippen molar-refractivity contribution in [3.05, 3.63) is 29.3 Å². The summed E-state index contributed by atoms with van der Waals surface area (Å²) in [5.41, 5.74) is 2.44. The van der Waals surface area contributed by atoms with Gasteiger partial charge in [-0.05, 0) is 48.8 Å². The van der Waals surface area contributed by atoms with Gasteiger partial charge in [-0.2, -0.15) is 0 Å². The van der Waals surface area contributed by atoms with Crippen LogP contribution >= 0.6 is 0 Å². The molecular formula is C23H34O5. The van der Waals surface area contributed by atoms with Gasteiger partial charge < -0.3 is 18.9 Å². The molecule has 0 aromatic heterocycles. The van der Waals surface area contributed by atoms with Gasteiger partial charge in [0.15, 0.2) is 0 Å². The lowest BCUT2D eigenvalue weighted by atomic mass is 9.96. The van der Waals surface area contributed by atoms with Crippen molar-refractivity contribution in [3.8, 4) is 5.75 Å². The summed E-state index contributed by atoms with van der Waals surface area (Å²) in [5.74, 6) is 1.85. The van der Waals surface area contributed by atoms with Gasteiger partial charge in [0, 0.05) is 26.1 Å². The number of hydrogen-bond donors (Lipinski definition) is 0. The van der Waals surface area contributed by atoms with Crippen molar-refractivity contribution < 1.29 is 23.7 Å². The van der Waals surface area contributed by atoms with Crippen molar-refractivity contribution in [1.82, 2.24) is 0 Å². The Morgan fingerprint density at radius 3 is 2.75 bits per heavy atom. The van der Waals surface area contributed by atoms with Crippen LogP contribution < -0.4 is 4.74 Å². The second-order valence-corrected chi connectivity index (χ2v) is 8.15. The van der Waals surface area contributed by atoms with E-state index in [0.29, 0.717) is 32.3 Å². The van der Waals surface area contributed by atoms with E-state index < -0.39 is 0 Å². The maximum atomic E-state index is 11.8. The lowest BCUT2D eigenvalue weighted by Crippen LogP contribution is -2.22. The van der Waals surface area contributed by atoms with Crippen molar-refractivity contribution >= 4 is 5.97 Å². The maximum absolute atomic E-state index is 11.8. The van der Waals surface area contributed by atoms with Crippen LogP contribution in [-0.2, 0) is 25.6 Å². The summed E-state index contributed by atoms with van der Waals surface area (Å²) < 4.78 is 22.6. The molecule has 28 heavy (non-hydrogen) atoms. The average Bonchev–Trinajstić information content (AvgIpc) is 3.47. The molecule has 0 radical (unpaired) electrons. The standard InChI is InChI=1S/C23H34O5/c1-4-18-13-21(28-23(18)24)16(2)14-26-15-17-6-9-20(19-7-8-19)22(12-17)27-11-5-10-25-3/h6,9,12,16,18-19,21H,4-5,7-8,10-11,13-15H2,1-3H3. The van der Waals surface area contributed by atoms with E-state index in [-0.39, 0.29) is 23.9 Å². The first-order chi connectivity index (χ1) is 13.6. The lowest BCUT2D eigenvalue weighted by Gasteiger charge is -2.18. The summed E-state index contributed by atoms with van der Waals surface area (Å²) in [7, 11) is 1.71. The Bertz CT molecular complexity index is 640. The van der Waals surface area contributed by atoms with Crippen LogP contribution in [0.2, 0.25) is 0 Å². The van der Waals surface area contributed by atoms with E-state index in [2.05, 4.69) is 25.1 Å². The molecule has 2 fully saturated rings. The third-order valence-corrected chi connectivity index (χ3v) is 5.74. The number of carbonyl (C=O) groups excluding carboxylic acids is 1. The molecule has 1 aromatic rings. The van der Waals surface area contributed by atoms with Gasteiger partial charge in [0.2, 0.25) is 0 Å². The summed E-state index contributed by atoms with van der Waals surface area (Å²) >= 11 is 0. The number of ether oxygens (including phenoxy) is 4. The van der Waals surface area contributed by atoms with Gasteiger partial charge in [0.05, 0.1) is 25.7 Å². The molecule has 1 saturated heterocycles. The number of benzene rings is 1. The average molecular weight is 391 g/mol. The highest BCUT2D eigenvalue weighted by Crippen LogP contribution is 2.44. The zero-order valence-electron chi connectivity index (χ0n) is 17.4. The number of carbonyl (C=O) groups is 1. The van der Waals surface area contributed by atoms with E-state index in [1.165, 1.54) is 18.4 Å². The highest BCUT2D eigenvalue weighted by molar-refractivity contribution is 5.74. The van der Waals surface area contributed by atoms with Crippen LogP contribution in [0.4, 0.5) is 0 Å². The zero-order valence-corrected chi connectivity index (χ0v) is 17.4. The van der Waals surface area contributed by atoms with Crippen LogP contribution in [0.15, 0.2) is 18.2 Å². The fraction of sp³-hybridized carbons (Fsp3) is 0.696. The van der Waals surface area contributed by atoms with Crippen LogP contribution in [0.5, 0.6) is 5.75 Å². The molecule has 0 N–H and O–H groups in total. The monoisotopic (exact) mass is 390 g/mol. The third kappa shape index (κ3) is 5.71. The maximum Gasteiger partial charge on any atom is 0.309 e. The normalized spacial score (nSPS) is 22.9. The highest BCUT2D eigenvalue weighted by Gasteiger charge is 2.36. The zero-order chi connectivity index (χ0) is 19.9. The molecule has 2 aliphatic rings. The van der Waals surface area contributed by atoms with E-state index >= 15 is 0 Å². The smallest absolute Gasteiger partial charge is 0.309 e. The van der Waals surface area contributed by atoms with Gasteiger partial charge in [-0.25, -0.2) is 0 Å². The second kappa shape index (κ2) is 10.3. The van der Waals surface area contributed by atoms with E-state index in [4.69, 9.17) is 18.9 Å². The molecule has 3 rings (SSSR count). The van der Waals surface area contributed by atoms with Gasteiger partial charge in [-0.15, -0.1) is 0 Å². The molecule has 3 atom stereocenters. The van der Waals surface area contributed by atoms with Crippen molar-refractivity contribution in [2.45, 2.75) is 64.6 Å². The number of rotatable bonds is 12. The minimum Gasteiger partial charge on any atom is -0.493 e. The van der Waals surface area contributed by atoms with Crippen molar-refractivity contribution in [1.29, 1.82) is 0 Å². The quantitative estimate of drug-likeness (QED) is 0.389. The van der Waals surface area contributed by atoms with Gasteiger partial charge in [0.25, 0.3) is 0 Å². The van der Waals surface area contributed by atoms with Gasteiger partial charge in [0.1, 0.15) is 11.9 Å². The van der Waals surface area contributed by atoms with Crippen LogP contribution in [-0.4, -0.2) is 39.0 Å². The minimum atomic E-state index is -0.0507. The van der Waals surface area contributed by atoms with Crippen LogP contribution in [0, 0.1) is 11.8 Å². The number of esters is 1. The molecule has 1 aliphatic heterocycles. The summed E-state index contributed by atoms with van der Waals surface area (Å²) in [6, 6.07) is 6.45. The molecular weight excluding hydrogens is 356 g/mol. The highest BCUT2D eigenvalue weighted by atomic mass is 16.6. The van der Waals surface area contributed by atoms with Crippen molar-refractivity contribution in [2.75, 3.05) is 26.9 Å². The van der Waals surface area contributed by atoms with Gasteiger partial charge >= 0.3 is 5.97 Å². The predicted molar refractivity (Wildman–Crippen MR) is 108 cm³/mol. The van der Waals surface area contributed by atoms with Gasteiger partial charge in [-0.1, -0.05) is 26.0 Å². The molecule has 1 aromatic carbocycles. The molecule has 1 heterocycles. The van der Waals surface area contributed by atoms with Crippen molar-refractivity contribution in [3.63, 3.8) is 0 Å². The second-order valence-electron chi connectivity index (χ2n) is 8.15. The molecule has 5 nitrogen and oxygen atoms in total. The van der Waals surface area contributed by atoms with Crippen molar-refractivity contribution in [2.24, 2.45) is 11.8 Å². The first-order valence-electron chi connectivity index (χ1n) is 10.6. The van der Waals surface area contributed by atoms with E-state index in [9.17, 15) is 4.79 Å². The molecule has 0 spiro atoms. The van der Waals surface area contributed by atoms with Crippen LogP contribution in [0.1, 0.15) is 63.0 Å². The van der Waals surface area contributed by atoms with Gasteiger partial charge in [-0.3, -0.25) is 4.79 Å². The Labute approximate surface area is 168 Å². The summed E-state index contributed by atoms with van der Waals surface area (Å²) in [6.45, 7) is 6.64. The van der Waals surface area contributed by atoms with Crippen LogP contribution in [0.3, 0.4) is 0 Å². The Balaban J connectivity index is 1.49. The molecule has 0 amide bonds. The molecule has 5 heteroatoms. The minimum absolute atomic E-state index is 0.0191. The first kappa shape index (κ1) is 21.1. The summed E-state index contributed by atoms with van der Waals surface area (Å²) in [4.78, 5) is 11.8. The van der Waals surface area contributed by atoms with E-state index in [0.717, 1.165) is 30.6 Å². The fourth-order valence-corrected chi connectivity index (χ4v) is 3.73.